The van der Waals surface area contributed by atoms with Gasteiger partial charge in [0.15, 0.2) is 0 Å². The van der Waals surface area contributed by atoms with Crippen LogP contribution in [0.5, 0.6) is 0 Å². The molecule has 2 amide bonds. The molecule has 2 N–H and O–H groups in total. The molecule has 0 spiro atoms. The van der Waals surface area contributed by atoms with E-state index in [1.54, 1.807) is 48.5 Å². The molecule has 8 nitrogen and oxygen atoms in total. The molecule has 0 radical (unpaired) electrons. The lowest BCUT2D eigenvalue weighted by Gasteiger charge is -2.26. The fourth-order valence-corrected chi connectivity index (χ4v) is 4.42. The molecule has 0 aliphatic carbocycles. The van der Waals surface area contributed by atoms with E-state index in [0.717, 1.165) is 5.56 Å². The zero-order chi connectivity index (χ0) is 21.6. The van der Waals surface area contributed by atoms with Crippen LogP contribution in [0.3, 0.4) is 0 Å². The van der Waals surface area contributed by atoms with Crippen LogP contribution in [-0.4, -0.2) is 57.4 Å². The van der Waals surface area contributed by atoms with Gasteiger partial charge in [-0.05, 0) is 48.4 Å². The predicted molar refractivity (Wildman–Crippen MR) is 113 cm³/mol. The van der Waals surface area contributed by atoms with E-state index in [9.17, 15) is 18.0 Å². The Morgan fingerprint density at radius 2 is 1.60 bits per heavy atom. The molecule has 0 aromatic heterocycles. The number of nitrogens with zero attached hydrogens (tertiary/aromatic N) is 1. The summed E-state index contributed by atoms with van der Waals surface area (Å²) in [6.45, 7) is 1.70. The summed E-state index contributed by atoms with van der Waals surface area (Å²) in [6.07, 6.45) is 0.456. The molecule has 0 saturated carbocycles. The van der Waals surface area contributed by atoms with E-state index in [2.05, 4.69) is 10.6 Å². The number of rotatable bonds is 6. The average molecular weight is 452 g/mol. The molecular weight excluding hydrogens is 430 g/mol. The minimum absolute atomic E-state index is 0.222. The quantitative estimate of drug-likeness (QED) is 0.650. The third kappa shape index (κ3) is 5.79. The van der Waals surface area contributed by atoms with Gasteiger partial charge in [0.1, 0.15) is 0 Å². The Bertz CT molecular complexity index is 988. The molecule has 2 aromatic rings. The molecule has 3 rings (SSSR count). The van der Waals surface area contributed by atoms with Gasteiger partial charge in [0.05, 0.1) is 18.1 Å². The van der Waals surface area contributed by atoms with Crippen LogP contribution in [-0.2, 0) is 30.8 Å². The van der Waals surface area contributed by atoms with Crippen LogP contribution in [0, 0.1) is 0 Å². The van der Waals surface area contributed by atoms with Crippen LogP contribution in [0.2, 0.25) is 5.02 Å². The van der Waals surface area contributed by atoms with Gasteiger partial charge >= 0.3 is 11.8 Å². The highest BCUT2D eigenvalue weighted by Crippen LogP contribution is 2.18. The first kappa shape index (κ1) is 22.2. The normalized spacial score (nSPS) is 14.8. The van der Waals surface area contributed by atoms with Crippen LogP contribution in [0.15, 0.2) is 53.4 Å². The molecule has 0 atom stereocenters. The number of nitrogens with one attached hydrogen (secondary N) is 2. The van der Waals surface area contributed by atoms with Crippen LogP contribution < -0.4 is 10.6 Å². The fraction of sp³-hybridized carbons (Fsp3) is 0.300. The van der Waals surface area contributed by atoms with Crippen molar-refractivity contribution in [3.63, 3.8) is 0 Å². The van der Waals surface area contributed by atoms with Crippen molar-refractivity contribution in [1.82, 2.24) is 9.62 Å². The minimum Gasteiger partial charge on any atom is -0.379 e. The fourth-order valence-electron chi connectivity index (χ4n) is 2.89. The highest BCUT2D eigenvalue weighted by atomic mass is 35.5. The van der Waals surface area contributed by atoms with Gasteiger partial charge in [-0.1, -0.05) is 23.7 Å². The highest BCUT2D eigenvalue weighted by Gasteiger charge is 2.26. The first-order valence-corrected chi connectivity index (χ1v) is 11.2. The Morgan fingerprint density at radius 3 is 2.23 bits per heavy atom. The highest BCUT2D eigenvalue weighted by molar-refractivity contribution is 7.89. The minimum atomic E-state index is -3.53. The van der Waals surface area contributed by atoms with Gasteiger partial charge in [0, 0.05) is 30.3 Å². The summed E-state index contributed by atoms with van der Waals surface area (Å²) in [5.41, 5.74) is 1.31. The van der Waals surface area contributed by atoms with Crippen LogP contribution in [0.25, 0.3) is 0 Å². The van der Waals surface area contributed by atoms with Crippen molar-refractivity contribution in [2.75, 3.05) is 38.2 Å². The second kappa shape index (κ2) is 10.0. The molecule has 0 unspecified atom stereocenters. The van der Waals surface area contributed by atoms with E-state index in [1.165, 1.54) is 4.31 Å². The SMILES string of the molecule is O=C(NCCc1ccc(S(=O)(=O)N2CCOCC2)cc1)C(=O)Nc1ccc(Cl)cc1. The zero-order valence-electron chi connectivity index (χ0n) is 16.1. The topological polar surface area (TPSA) is 105 Å². The van der Waals surface area contributed by atoms with Crippen LogP contribution in [0.4, 0.5) is 5.69 Å². The predicted octanol–water partition coefficient (Wildman–Crippen LogP) is 1.66. The number of carbonyl (C=O) groups excluding carboxylic acids is 2. The maximum absolute atomic E-state index is 12.6. The number of amides is 2. The molecule has 10 heteroatoms. The lowest BCUT2D eigenvalue weighted by molar-refractivity contribution is -0.136. The smallest absolute Gasteiger partial charge is 0.313 e. The van der Waals surface area contributed by atoms with Crippen molar-refractivity contribution >= 4 is 39.1 Å². The summed E-state index contributed by atoms with van der Waals surface area (Å²) in [5.74, 6) is -1.53. The molecule has 2 aromatic carbocycles. The van der Waals surface area contributed by atoms with Crippen molar-refractivity contribution in [2.24, 2.45) is 0 Å². The monoisotopic (exact) mass is 451 g/mol. The van der Waals surface area contributed by atoms with Gasteiger partial charge in [0.2, 0.25) is 10.0 Å². The molecule has 1 aliphatic rings. The van der Waals surface area contributed by atoms with Crippen molar-refractivity contribution < 1.29 is 22.7 Å². The van der Waals surface area contributed by atoms with Gasteiger partial charge in [-0.2, -0.15) is 4.31 Å². The van der Waals surface area contributed by atoms with E-state index in [4.69, 9.17) is 16.3 Å². The first-order chi connectivity index (χ1) is 14.4. The summed E-state index contributed by atoms with van der Waals surface area (Å²) >= 11 is 5.78. The first-order valence-electron chi connectivity index (χ1n) is 9.38. The van der Waals surface area contributed by atoms with E-state index < -0.39 is 21.8 Å². The molecule has 1 fully saturated rings. The van der Waals surface area contributed by atoms with E-state index in [1.807, 2.05) is 0 Å². The Hall–Kier alpha value is -2.46. The molecule has 1 aliphatic heterocycles. The third-order valence-corrected chi connectivity index (χ3v) is 6.70. The molecule has 1 saturated heterocycles. The lowest BCUT2D eigenvalue weighted by atomic mass is 10.1. The Balaban J connectivity index is 1.48. The van der Waals surface area contributed by atoms with Gasteiger partial charge in [0.25, 0.3) is 0 Å². The number of carbonyl (C=O) groups is 2. The van der Waals surface area contributed by atoms with Crippen molar-refractivity contribution in [3.8, 4) is 0 Å². The molecule has 30 heavy (non-hydrogen) atoms. The molecule has 1 heterocycles. The lowest BCUT2D eigenvalue weighted by Crippen LogP contribution is -2.40. The number of benzene rings is 2. The number of morpholine rings is 1. The van der Waals surface area contributed by atoms with E-state index in [-0.39, 0.29) is 11.4 Å². The van der Waals surface area contributed by atoms with Crippen LogP contribution >= 0.6 is 11.6 Å². The Morgan fingerprint density at radius 1 is 0.967 bits per heavy atom. The second-order valence-electron chi connectivity index (χ2n) is 6.63. The third-order valence-electron chi connectivity index (χ3n) is 4.54. The van der Waals surface area contributed by atoms with Gasteiger partial charge in [-0.15, -0.1) is 0 Å². The number of hydrogen-bond acceptors (Lipinski definition) is 5. The van der Waals surface area contributed by atoms with Crippen molar-refractivity contribution in [3.05, 3.63) is 59.1 Å². The van der Waals surface area contributed by atoms with E-state index in [0.29, 0.717) is 43.4 Å². The summed E-state index contributed by atoms with van der Waals surface area (Å²) < 4.78 is 31.8. The van der Waals surface area contributed by atoms with Gasteiger partial charge in [-0.3, -0.25) is 9.59 Å². The second-order valence-corrected chi connectivity index (χ2v) is 9.00. The summed E-state index contributed by atoms with van der Waals surface area (Å²) in [7, 11) is -3.53. The van der Waals surface area contributed by atoms with E-state index >= 15 is 0 Å². The maximum Gasteiger partial charge on any atom is 0.313 e. The number of anilines is 1. The zero-order valence-corrected chi connectivity index (χ0v) is 17.7. The van der Waals surface area contributed by atoms with Gasteiger partial charge < -0.3 is 15.4 Å². The Kier molecular flexibility index (Phi) is 7.43. The largest absolute Gasteiger partial charge is 0.379 e. The number of hydrogen-bond donors (Lipinski definition) is 2. The summed E-state index contributed by atoms with van der Waals surface area (Å²) in [5, 5.41) is 5.55. The Labute approximate surface area is 180 Å². The maximum atomic E-state index is 12.6. The van der Waals surface area contributed by atoms with Crippen LogP contribution in [0.1, 0.15) is 5.56 Å². The van der Waals surface area contributed by atoms with Crippen molar-refractivity contribution in [2.45, 2.75) is 11.3 Å². The molecule has 0 bridgehead atoms. The number of ether oxygens (including phenoxy) is 1. The number of halogens is 1. The summed E-state index contributed by atoms with van der Waals surface area (Å²) in [4.78, 5) is 24.1. The summed E-state index contributed by atoms with van der Waals surface area (Å²) in [6, 6.07) is 12.9. The number of sulfonamides is 1. The van der Waals surface area contributed by atoms with Gasteiger partial charge in [-0.25, -0.2) is 8.42 Å². The molecule has 160 valence electrons. The average Bonchev–Trinajstić information content (AvgIpc) is 2.76. The standard InChI is InChI=1S/C20H22ClN3O5S/c21-16-3-5-17(6-4-16)23-20(26)19(25)22-10-9-15-1-7-18(8-2-15)30(27,28)24-11-13-29-14-12-24/h1-8H,9-14H2,(H,22,25)(H,23,26). The molecular formula is C20H22ClN3O5S. The van der Waals surface area contributed by atoms with Crippen molar-refractivity contribution in [1.29, 1.82) is 0 Å².